The minimum Gasteiger partial charge on any atom is -0.358 e. The van der Waals surface area contributed by atoms with Crippen molar-refractivity contribution in [2.24, 2.45) is 0 Å². The summed E-state index contributed by atoms with van der Waals surface area (Å²) in [7, 11) is 0. The highest BCUT2D eigenvalue weighted by Gasteiger charge is 2.03. The minimum atomic E-state index is -0.559. The third-order valence-corrected chi connectivity index (χ3v) is 3.10. The van der Waals surface area contributed by atoms with E-state index in [0.717, 1.165) is 11.0 Å². The van der Waals surface area contributed by atoms with Crippen LogP contribution in [0.15, 0.2) is 66.9 Å². The van der Waals surface area contributed by atoms with Crippen LogP contribution < -0.4 is 0 Å². The first-order valence-electron chi connectivity index (χ1n) is 6.63. The number of aromatic amines is 1. The van der Waals surface area contributed by atoms with Crippen molar-refractivity contribution in [2.75, 3.05) is 0 Å². The van der Waals surface area contributed by atoms with E-state index in [9.17, 15) is 10.1 Å². The summed E-state index contributed by atoms with van der Waals surface area (Å²) in [4.78, 5) is 13.8. The molecule has 22 heavy (non-hydrogen) atoms. The summed E-state index contributed by atoms with van der Waals surface area (Å²) >= 11 is 0. The number of hydrogen-bond donors (Lipinski definition) is 1. The lowest BCUT2D eigenvalue weighted by atomic mass is 10.1. The van der Waals surface area contributed by atoms with Crippen molar-refractivity contribution in [2.45, 2.75) is 0 Å². The highest BCUT2D eigenvalue weighted by molar-refractivity contribution is 5.92. The van der Waals surface area contributed by atoms with E-state index >= 15 is 0 Å². The van der Waals surface area contributed by atoms with Gasteiger partial charge in [0.2, 0.25) is 0 Å². The fourth-order valence-corrected chi connectivity index (χ4v) is 2.07. The highest BCUT2D eigenvalue weighted by atomic mass is 16.6. The van der Waals surface area contributed by atoms with Crippen molar-refractivity contribution in [3.05, 3.63) is 77.0 Å². The van der Waals surface area contributed by atoms with Crippen molar-refractivity contribution in [3.8, 4) is 0 Å². The Hall–Kier alpha value is -3.28. The van der Waals surface area contributed by atoms with Crippen molar-refractivity contribution < 1.29 is 4.92 Å². The molecule has 6 nitrogen and oxygen atoms in total. The van der Waals surface area contributed by atoms with Crippen LogP contribution in [0.3, 0.4) is 0 Å². The molecule has 0 amide bonds. The number of nitrogens with one attached hydrogen (secondary N) is 1. The molecule has 0 atom stereocenters. The molecule has 4 rings (SSSR count). The normalized spacial score (nSPS) is 10.2. The molecule has 0 saturated carbocycles. The standard InChI is InChI=1S/C13H9N.C3H3N3O2/c1-3-7-12-10(5-1)9-11-6-2-4-8-13(11)14-12;7-6(8)3-1-2-4-5-3/h1-9H;1-2H,(H,4,5). The van der Waals surface area contributed by atoms with Crippen LogP contribution in [0.25, 0.3) is 21.8 Å². The molecule has 0 aliphatic carbocycles. The summed E-state index contributed by atoms with van der Waals surface area (Å²) in [6.45, 7) is 0. The van der Waals surface area contributed by atoms with Gasteiger partial charge in [0.15, 0.2) is 0 Å². The molecule has 4 aromatic rings. The number of fused-ring (bicyclic) bond motifs is 2. The molecule has 0 aliphatic rings. The Kier molecular flexibility index (Phi) is 3.74. The number of rotatable bonds is 1. The molecule has 2 heterocycles. The van der Waals surface area contributed by atoms with E-state index in [2.05, 4.69) is 33.4 Å². The van der Waals surface area contributed by atoms with Crippen LogP contribution in [0.4, 0.5) is 5.82 Å². The maximum atomic E-state index is 9.79. The number of pyridine rings is 1. The molecular weight excluding hydrogens is 280 g/mol. The van der Waals surface area contributed by atoms with E-state index in [1.165, 1.54) is 23.0 Å². The third-order valence-electron chi connectivity index (χ3n) is 3.10. The Balaban J connectivity index is 0.000000154. The van der Waals surface area contributed by atoms with Gasteiger partial charge in [0, 0.05) is 10.8 Å². The molecule has 2 aromatic carbocycles. The van der Waals surface area contributed by atoms with Gasteiger partial charge in [-0.25, -0.2) is 4.98 Å². The Bertz CT molecular complexity index is 815. The third kappa shape index (κ3) is 2.90. The van der Waals surface area contributed by atoms with E-state index in [0.29, 0.717) is 0 Å². The van der Waals surface area contributed by atoms with E-state index < -0.39 is 4.92 Å². The summed E-state index contributed by atoms with van der Waals surface area (Å²) in [6, 6.07) is 19.9. The van der Waals surface area contributed by atoms with Crippen LogP contribution in [0, 0.1) is 10.1 Å². The Morgan fingerprint density at radius 1 is 0.909 bits per heavy atom. The van der Waals surface area contributed by atoms with Gasteiger partial charge < -0.3 is 10.1 Å². The van der Waals surface area contributed by atoms with Gasteiger partial charge in [0.25, 0.3) is 0 Å². The van der Waals surface area contributed by atoms with Gasteiger partial charge in [-0.05, 0) is 23.1 Å². The summed E-state index contributed by atoms with van der Waals surface area (Å²) < 4.78 is 0. The number of nitrogens with zero attached hydrogens (tertiary/aromatic N) is 3. The Morgan fingerprint density at radius 3 is 1.95 bits per heavy atom. The molecule has 1 N–H and O–H groups in total. The summed E-state index contributed by atoms with van der Waals surface area (Å²) in [6.07, 6.45) is 1.40. The zero-order valence-corrected chi connectivity index (χ0v) is 11.5. The number of aromatic nitrogens is 3. The van der Waals surface area contributed by atoms with Gasteiger partial charge in [0.05, 0.1) is 28.4 Å². The quantitative estimate of drug-likeness (QED) is 0.329. The smallest absolute Gasteiger partial charge is 0.358 e. The minimum absolute atomic E-state index is 0.148. The highest BCUT2D eigenvalue weighted by Crippen LogP contribution is 2.18. The number of benzene rings is 2. The van der Waals surface area contributed by atoms with Gasteiger partial charge in [-0.15, -0.1) is 0 Å². The van der Waals surface area contributed by atoms with Crippen molar-refractivity contribution in [1.82, 2.24) is 15.2 Å². The average Bonchev–Trinajstić information content (AvgIpc) is 3.08. The van der Waals surface area contributed by atoms with Crippen molar-refractivity contribution in [1.29, 1.82) is 0 Å². The van der Waals surface area contributed by atoms with E-state index in [-0.39, 0.29) is 5.82 Å². The van der Waals surface area contributed by atoms with Crippen LogP contribution in [-0.2, 0) is 0 Å². The molecule has 0 saturated heterocycles. The zero-order valence-electron chi connectivity index (χ0n) is 11.5. The SMILES string of the molecule is O=[N+]([O-])c1cc[nH]n1.c1ccc2nc3ccccc3cc2c1. The van der Waals surface area contributed by atoms with Gasteiger partial charge in [-0.3, -0.25) is 0 Å². The van der Waals surface area contributed by atoms with Crippen molar-refractivity contribution >= 4 is 27.6 Å². The maximum absolute atomic E-state index is 9.79. The lowest BCUT2D eigenvalue weighted by Crippen LogP contribution is -1.86. The summed E-state index contributed by atoms with van der Waals surface area (Å²) in [5, 5.41) is 17.8. The number of para-hydroxylation sites is 2. The lowest BCUT2D eigenvalue weighted by molar-refractivity contribution is -0.389. The van der Waals surface area contributed by atoms with E-state index in [1.807, 2.05) is 36.4 Å². The van der Waals surface area contributed by atoms with Gasteiger partial charge >= 0.3 is 5.82 Å². The fourth-order valence-electron chi connectivity index (χ4n) is 2.07. The molecular formula is C16H12N4O2. The topological polar surface area (TPSA) is 84.7 Å². The van der Waals surface area contributed by atoms with Gasteiger partial charge in [-0.2, -0.15) is 5.10 Å². The van der Waals surface area contributed by atoms with Crippen LogP contribution in [-0.4, -0.2) is 20.1 Å². The van der Waals surface area contributed by atoms with E-state index in [4.69, 9.17) is 0 Å². The largest absolute Gasteiger partial charge is 0.389 e. The summed E-state index contributed by atoms with van der Waals surface area (Å²) in [5.41, 5.74) is 2.12. The molecule has 0 spiro atoms. The molecule has 6 heteroatoms. The second-order valence-corrected chi connectivity index (χ2v) is 4.56. The van der Waals surface area contributed by atoms with Crippen LogP contribution in [0.2, 0.25) is 0 Å². The molecule has 0 unspecified atom stereocenters. The average molecular weight is 292 g/mol. The molecule has 0 bridgehead atoms. The summed E-state index contributed by atoms with van der Waals surface area (Å²) in [5.74, 6) is -0.148. The Labute approximate surface area is 125 Å². The lowest BCUT2D eigenvalue weighted by Gasteiger charge is -1.99. The first-order chi connectivity index (χ1) is 10.7. The van der Waals surface area contributed by atoms with Crippen LogP contribution in [0.5, 0.6) is 0 Å². The first-order valence-corrected chi connectivity index (χ1v) is 6.63. The maximum Gasteiger partial charge on any atom is 0.389 e. The Morgan fingerprint density at radius 2 is 1.50 bits per heavy atom. The molecule has 2 aromatic heterocycles. The molecule has 0 aliphatic heterocycles. The monoisotopic (exact) mass is 292 g/mol. The molecule has 108 valence electrons. The predicted molar refractivity (Wildman–Crippen MR) is 84.5 cm³/mol. The zero-order chi connectivity index (χ0) is 15.4. The van der Waals surface area contributed by atoms with Crippen molar-refractivity contribution in [3.63, 3.8) is 0 Å². The van der Waals surface area contributed by atoms with Crippen LogP contribution >= 0.6 is 0 Å². The molecule has 0 fully saturated rings. The predicted octanol–water partition coefficient (Wildman–Crippen LogP) is 3.71. The molecule has 0 radical (unpaired) electrons. The van der Waals surface area contributed by atoms with E-state index in [1.54, 1.807) is 0 Å². The number of hydrogen-bond acceptors (Lipinski definition) is 4. The second kappa shape index (κ2) is 6.01. The number of H-pyrrole nitrogens is 1. The van der Waals surface area contributed by atoms with Gasteiger partial charge in [0.1, 0.15) is 0 Å². The number of nitro groups is 1. The fraction of sp³-hybridized carbons (Fsp3) is 0. The second-order valence-electron chi connectivity index (χ2n) is 4.56. The van der Waals surface area contributed by atoms with Crippen LogP contribution in [0.1, 0.15) is 0 Å². The first kappa shape index (κ1) is 13.7. The van der Waals surface area contributed by atoms with Gasteiger partial charge in [-0.1, -0.05) is 36.4 Å².